The second-order valence-electron chi connectivity index (χ2n) is 4.06. The van der Waals surface area contributed by atoms with E-state index < -0.39 is 15.8 Å². The van der Waals surface area contributed by atoms with Crippen molar-refractivity contribution < 1.29 is 12.8 Å². The third-order valence-corrected chi connectivity index (χ3v) is 4.11. The first-order valence-corrected chi connectivity index (χ1v) is 7.24. The van der Waals surface area contributed by atoms with Gasteiger partial charge in [0.05, 0.1) is 16.5 Å². The van der Waals surface area contributed by atoms with E-state index in [0.29, 0.717) is 0 Å². The van der Waals surface area contributed by atoms with E-state index in [9.17, 15) is 12.8 Å². The zero-order valence-electron chi connectivity index (χ0n) is 10.4. The Bertz CT molecular complexity index is 752. The lowest BCUT2D eigenvalue weighted by Crippen LogP contribution is -2.23. The molecule has 0 heterocycles. The van der Waals surface area contributed by atoms with Gasteiger partial charge >= 0.3 is 0 Å². The quantitative estimate of drug-likeness (QED) is 0.938. The summed E-state index contributed by atoms with van der Waals surface area (Å²) in [5.41, 5.74) is 0.376. The van der Waals surface area contributed by atoms with E-state index in [1.165, 1.54) is 24.3 Å². The first-order valence-electron chi connectivity index (χ1n) is 5.76. The fourth-order valence-corrected chi connectivity index (χ4v) is 2.64. The first kappa shape index (κ1) is 14.2. The summed E-state index contributed by atoms with van der Waals surface area (Å²) >= 11 is 0. The van der Waals surface area contributed by atoms with Gasteiger partial charge in [0.15, 0.2) is 0 Å². The Kier molecular flexibility index (Phi) is 4.13. The predicted molar refractivity (Wildman–Crippen MR) is 71.6 cm³/mol. The molecule has 0 bridgehead atoms. The van der Waals surface area contributed by atoms with Gasteiger partial charge in [0, 0.05) is 12.1 Å². The molecule has 0 aliphatic rings. The van der Waals surface area contributed by atoms with E-state index in [-0.39, 0.29) is 22.6 Å². The molecule has 0 fully saturated rings. The van der Waals surface area contributed by atoms with Gasteiger partial charge in [-0.1, -0.05) is 24.3 Å². The lowest BCUT2D eigenvalue weighted by atomic mass is 10.1. The molecular formula is C14H11FN2O2S. The molecule has 0 aliphatic carbocycles. The largest absolute Gasteiger partial charge is 0.240 e. The number of nitrogens with one attached hydrogen (secondary N) is 1. The SMILES string of the molecule is N#Cc1ccc(CNS(=O)(=O)c2ccccc2)c(F)c1. The standard InChI is InChI=1S/C14H11FN2O2S/c15-14-8-11(9-16)6-7-12(14)10-17-20(18,19)13-4-2-1-3-5-13/h1-8,17H,10H2. The van der Waals surface area contributed by atoms with Crippen LogP contribution in [0.15, 0.2) is 53.4 Å². The van der Waals surface area contributed by atoms with Gasteiger partial charge in [-0.25, -0.2) is 17.5 Å². The van der Waals surface area contributed by atoms with Crippen molar-refractivity contribution in [3.8, 4) is 6.07 Å². The van der Waals surface area contributed by atoms with E-state index in [4.69, 9.17) is 5.26 Å². The molecule has 20 heavy (non-hydrogen) atoms. The van der Waals surface area contributed by atoms with Gasteiger partial charge in [-0.2, -0.15) is 5.26 Å². The van der Waals surface area contributed by atoms with E-state index in [2.05, 4.69) is 4.72 Å². The van der Waals surface area contributed by atoms with Gasteiger partial charge in [0.2, 0.25) is 10.0 Å². The molecule has 0 radical (unpaired) electrons. The fourth-order valence-electron chi connectivity index (χ4n) is 1.62. The van der Waals surface area contributed by atoms with Crippen molar-refractivity contribution in [3.05, 3.63) is 65.5 Å². The van der Waals surface area contributed by atoms with Gasteiger partial charge in [-0.15, -0.1) is 0 Å². The maximum absolute atomic E-state index is 13.6. The molecule has 1 N–H and O–H groups in total. The molecule has 0 amide bonds. The first-order chi connectivity index (χ1) is 9.53. The summed E-state index contributed by atoms with van der Waals surface area (Å²) in [7, 11) is -3.67. The molecule has 0 saturated carbocycles. The molecule has 2 aromatic rings. The molecule has 0 aromatic heterocycles. The van der Waals surface area contributed by atoms with Crippen LogP contribution in [0.5, 0.6) is 0 Å². The zero-order valence-corrected chi connectivity index (χ0v) is 11.2. The van der Waals surface area contributed by atoms with Crippen LogP contribution in [0.25, 0.3) is 0 Å². The molecule has 0 unspecified atom stereocenters. The Morgan fingerprint density at radius 2 is 1.85 bits per heavy atom. The topological polar surface area (TPSA) is 70.0 Å². The maximum atomic E-state index is 13.6. The van der Waals surface area contributed by atoms with Crippen LogP contribution in [-0.4, -0.2) is 8.42 Å². The van der Waals surface area contributed by atoms with Gasteiger partial charge < -0.3 is 0 Å². The summed E-state index contributed by atoms with van der Waals surface area (Å²) < 4.78 is 39.9. The molecule has 0 saturated heterocycles. The Morgan fingerprint density at radius 3 is 2.45 bits per heavy atom. The van der Waals surface area contributed by atoms with Crippen molar-refractivity contribution in [2.75, 3.05) is 0 Å². The normalized spacial score (nSPS) is 11.0. The van der Waals surface area contributed by atoms with Crippen molar-refractivity contribution >= 4 is 10.0 Å². The van der Waals surface area contributed by atoms with Crippen LogP contribution in [0.1, 0.15) is 11.1 Å². The average molecular weight is 290 g/mol. The zero-order chi connectivity index (χ0) is 14.6. The van der Waals surface area contributed by atoms with Crippen molar-refractivity contribution in [2.45, 2.75) is 11.4 Å². The molecule has 102 valence electrons. The van der Waals surface area contributed by atoms with Crippen molar-refractivity contribution in [1.29, 1.82) is 5.26 Å². The van der Waals surface area contributed by atoms with Crippen LogP contribution in [0, 0.1) is 17.1 Å². The highest BCUT2D eigenvalue weighted by Crippen LogP contribution is 2.12. The molecule has 2 rings (SSSR count). The smallest absolute Gasteiger partial charge is 0.207 e. The summed E-state index contributed by atoms with van der Waals surface area (Å²) in [4.78, 5) is 0.119. The number of nitrogens with zero attached hydrogens (tertiary/aromatic N) is 1. The minimum atomic E-state index is -3.67. The third-order valence-electron chi connectivity index (χ3n) is 2.69. The number of benzene rings is 2. The summed E-state index contributed by atoms with van der Waals surface area (Å²) in [6, 6.07) is 13.6. The van der Waals surface area contributed by atoms with Crippen LogP contribution in [0.2, 0.25) is 0 Å². The molecule has 0 atom stereocenters. The van der Waals surface area contributed by atoms with Gasteiger partial charge in [-0.05, 0) is 24.3 Å². The van der Waals surface area contributed by atoms with E-state index in [1.54, 1.807) is 18.2 Å². The van der Waals surface area contributed by atoms with Crippen molar-refractivity contribution in [2.24, 2.45) is 0 Å². The Labute approximate surface area is 116 Å². The van der Waals surface area contributed by atoms with E-state index >= 15 is 0 Å². The lowest BCUT2D eigenvalue weighted by molar-refractivity contribution is 0.574. The van der Waals surface area contributed by atoms with Crippen molar-refractivity contribution in [3.63, 3.8) is 0 Å². The van der Waals surface area contributed by atoms with Gasteiger partial charge in [0.1, 0.15) is 5.82 Å². The highest BCUT2D eigenvalue weighted by molar-refractivity contribution is 7.89. The van der Waals surface area contributed by atoms with Gasteiger partial charge in [0.25, 0.3) is 0 Å². The number of nitriles is 1. The monoisotopic (exact) mass is 290 g/mol. The molecule has 2 aromatic carbocycles. The highest BCUT2D eigenvalue weighted by atomic mass is 32.2. The number of sulfonamides is 1. The Balaban J connectivity index is 2.15. The number of halogens is 1. The predicted octanol–water partition coefficient (Wildman–Crippen LogP) is 2.18. The van der Waals surface area contributed by atoms with Gasteiger partial charge in [-0.3, -0.25) is 0 Å². The number of hydrogen-bond acceptors (Lipinski definition) is 3. The van der Waals surface area contributed by atoms with Crippen LogP contribution in [-0.2, 0) is 16.6 Å². The summed E-state index contributed by atoms with van der Waals surface area (Å²) in [6.07, 6.45) is 0. The summed E-state index contributed by atoms with van der Waals surface area (Å²) in [6.45, 7) is -0.172. The van der Waals surface area contributed by atoms with E-state index in [0.717, 1.165) is 6.07 Å². The van der Waals surface area contributed by atoms with Crippen LogP contribution >= 0.6 is 0 Å². The minimum Gasteiger partial charge on any atom is -0.207 e. The molecule has 0 aliphatic heterocycles. The molecule has 6 heteroatoms. The van der Waals surface area contributed by atoms with Crippen LogP contribution in [0.3, 0.4) is 0 Å². The van der Waals surface area contributed by atoms with Crippen LogP contribution < -0.4 is 4.72 Å². The lowest BCUT2D eigenvalue weighted by Gasteiger charge is -2.07. The third kappa shape index (κ3) is 3.20. The van der Waals surface area contributed by atoms with E-state index in [1.807, 2.05) is 6.07 Å². The second-order valence-corrected chi connectivity index (χ2v) is 5.82. The molecule has 4 nitrogen and oxygen atoms in total. The molecular weight excluding hydrogens is 279 g/mol. The number of rotatable bonds is 4. The Hall–Kier alpha value is -2.23. The summed E-state index contributed by atoms with van der Waals surface area (Å²) in [5, 5.41) is 8.63. The second kappa shape index (κ2) is 5.82. The molecule has 0 spiro atoms. The van der Waals surface area contributed by atoms with Crippen LogP contribution in [0.4, 0.5) is 4.39 Å². The minimum absolute atomic E-state index is 0.119. The highest BCUT2D eigenvalue weighted by Gasteiger charge is 2.14. The average Bonchev–Trinajstić information content (AvgIpc) is 2.47. The Morgan fingerprint density at radius 1 is 1.15 bits per heavy atom. The maximum Gasteiger partial charge on any atom is 0.240 e. The number of hydrogen-bond donors (Lipinski definition) is 1. The van der Waals surface area contributed by atoms with Crippen molar-refractivity contribution in [1.82, 2.24) is 4.72 Å². The summed E-state index contributed by atoms with van der Waals surface area (Å²) in [5.74, 6) is -0.611. The fraction of sp³-hybridized carbons (Fsp3) is 0.0714.